The van der Waals surface area contributed by atoms with Gasteiger partial charge in [-0.25, -0.2) is 0 Å². The van der Waals surface area contributed by atoms with Gasteiger partial charge in [0, 0.05) is 14.2 Å². The number of methoxy groups -OCH3 is 2. The lowest BCUT2D eigenvalue weighted by molar-refractivity contribution is -0.135. The van der Waals surface area contributed by atoms with Crippen LogP contribution in [0, 0.1) is 0 Å². The summed E-state index contributed by atoms with van der Waals surface area (Å²) < 4.78 is 9.56. The van der Waals surface area contributed by atoms with Crippen molar-refractivity contribution in [3.8, 4) is 0 Å². The molecule has 5 nitrogen and oxygen atoms in total. The third-order valence-electron chi connectivity index (χ3n) is 1.60. The standard InChI is InChI=1S/C7H14O5/c1-11-6(4-9)7(12-2)5(10)3-8/h3,5-7,9-10H,4H2,1-2H3/t5-,6+,7+/m1/s1. The Kier molecular flexibility index (Phi) is 5.83. The first-order valence-corrected chi connectivity index (χ1v) is 3.51. The Bertz CT molecular complexity index is 123. The van der Waals surface area contributed by atoms with Crippen LogP contribution < -0.4 is 0 Å². The fourth-order valence-electron chi connectivity index (χ4n) is 0.901. The van der Waals surface area contributed by atoms with E-state index in [4.69, 9.17) is 19.7 Å². The van der Waals surface area contributed by atoms with E-state index in [1.54, 1.807) is 0 Å². The smallest absolute Gasteiger partial charge is 0.151 e. The molecule has 0 aromatic heterocycles. The van der Waals surface area contributed by atoms with Crippen molar-refractivity contribution in [2.24, 2.45) is 0 Å². The maximum absolute atomic E-state index is 10.2. The molecule has 0 aliphatic carbocycles. The predicted molar refractivity (Wildman–Crippen MR) is 40.8 cm³/mol. The summed E-state index contributed by atoms with van der Waals surface area (Å²) in [5.41, 5.74) is 0. The van der Waals surface area contributed by atoms with E-state index in [1.165, 1.54) is 14.2 Å². The van der Waals surface area contributed by atoms with Crippen LogP contribution >= 0.6 is 0 Å². The number of carbonyl (C=O) groups is 1. The van der Waals surface area contributed by atoms with Gasteiger partial charge in [-0.2, -0.15) is 0 Å². The minimum Gasteiger partial charge on any atom is -0.394 e. The Morgan fingerprint density at radius 3 is 2.25 bits per heavy atom. The van der Waals surface area contributed by atoms with Gasteiger partial charge < -0.3 is 24.5 Å². The first-order valence-electron chi connectivity index (χ1n) is 3.51. The maximum Gasteiger partial charge on any atom is 0.151 e. The van der Waals surface area contributed by atoms with Gasteiger partial charge in [0.25, 0.3) is 0 Å². The Balaban J connectivity index is 4.18. The Morgan fingerprint density at radius 2 is 2.00 bits per heavy atom. The first kappa shape index (κ1) is 11.5. The van der Waals surface area contributed by atoms with E-state index in [2.05, 4.69) is 0 Å². The Morgan fingerprint density at radius 1 is 1.42 bits per heavy atom. The molecule has 5 heteroatoms. The third kappa shape index (κ3) is 2.86. The minimum absolute atomic E-state index is 0.306. The molecule has 0 radical (unpaired) electrons. The van der Waals surface area contributed by atoms with Crippen LogP contribution in [0.25, 0.3) is 0 Å². The van der Waals surface area contributed by atoms with Crippen LogP contribution in [-0.2, 0) is 14.3 Å². The topological polar surface area (TPSA) is 76.0 Å². The van der Waals surface area contributed by atoms with Crippen LogP contribution in [0.3, 0.4) is 0 Å². The summed E-state index contributed by atoms with van der Waals surface area (Å²) in [7, 11) is 2.70. The normalized spacial score (nSPS) is 18.3. The second kappa shape index (κ2) is 6.07. The molecular formula is C7H14O5. The summed E-state index contributed by atoms with van der Waals surface area (Å²) in [5.74, 6) is 0. The van der Waals surface area contributed by atoms with Gasteiger partial charge in [-0.3, -0.25) is 0 Å². The average molecular weight is 178 g/mol. The number of hydrogen-bond acceptors (Lipinski definition) is 5. The zero-order chi connectivity index (χ0) is 9.56. The minimum atomic E-state index is -1.27. The SMILES string of the molecule is CO[C@@H]([C@H](O)C=O)[C@H](CO)OC. The molecule has 0 aliphatic rings. The van der Waals surface area contributed by atoms with Gasteiger partial charge in [-0.1, -0.05) is 0 Å². The lowest BCUT2D eigenvalue weighted by atomic mass is 10.1. The van der Waals surface area contributed by atoms with E-state index in [0.29, 0.717) is 6.29 Å². The molecule has 0 saturated carbocycles. The summed E-state index contributed by atoms with van der Waals surface area (Å²) >= 11 is 0. The van der Waals surface area contributed by atoms with Crippen molar-refractivity contribution in [1.29, 1.82) is 0 Å². The van der Waals surface area contributed by atoms with Crippen LogP contribution in [0.2, 0.25) is 0 Å². The molecule has 72 valence electrons. The van der Waals surface area contributed by atoms with E-state index in [9.17, 15) is 4.79 Å². The van der Waals surface area contributed by atoms with E-state index >= 15 is 0 Å². The molecule has 0 aromatic carbocycles. The molecule has 2 N–H and O–H groups in total. The third-order valence-corrected chi connectivity index (χ3v) is 1.60. The first-order chi connectivity index (χ1) is 5.71. The number of rotatable bonds is 6. The van der Waals surface area contributed by atoms with Gasteiger partial charge in [-0.05, 0) is 0 Å². The Labute approximate surface area is 70.9 Å². The summed E-state index contributed by atoms with van der Waals surface area (Å²) in [6, 6.07) is 0. The van der Waals surface area contributed by atoms with Crippen LogP contribution in [0.5, 0.6) is 0 Å². The van der Waals surface area contributed by atoms with Crippen molar-refractivity contribution >= 4 is 6.29 Å². The molecule has 0 bridgehead atoms. The van der Waals surface area contributed by atoms with E-state index in [1.807, 2.05) is 0 Å². The molecule has 0 spiro atoms. The molecule has 0 unspecified atom stereocenters. The highest BCUT2D eigenvalue weighted by atomic mass is 16.5. The summed E-state index contributed by atoms with van der Waals surface area (Å²) in [5, 5.41) is 17.8. The van der Waals surface area contributed by atoms with Crippen molar-refractivity contribution < 1.29 is 24.5 Å². The highest BCUT2D eigenvalue weighted by molar-refractivity contribution is 5.56. The predicted octanol–water partition coefficient (Wildman–Crippen LogP) is -1.43. The fourth-order valence-corrected chi connectivity index (χ4v) is 0.901. The lowest BCUT2D eigenvalue weighted by Crippen LogP contribution is -2.43. The van der Waals surface area contributed by atoms with Crippen molar-refractivity contribution in [2.45, 2.75) is 18.3 Å². The number of aliphatic hydroxyl groups is 2. The van der Waals surface area contributed by atoms with Crippen LogP contribution in [0.4, 0.5) is 0 Å². The Hall–Kier alpha value is -0.490. The van der Waals surface area contributed by atoms with Gasteiger partial charge in [-0.15, -0.1) is 0 Å². The molecule has 0 rings (SSSR count). The summed E-state index contributed by atoms with van der Waals surface area (Å²) in [6.07, 6.45) is -2.43. The van der Waals surface area contributed by atoms with Gasteiger partial charge in [0.15, 0.2) is 6.29 Å². The highest BCUT2D eigenvalue weighted by Crippen LogP contribution is 2.05. The maximum atomic E-state index is 10.2. The van der Waals surface area contributed by atoms with Gasteiger partial charge in [0.2, 0.25) is 0 Å². The van der Waals surface area contributed by atoms with Crippen molar-refractivity contribution in [3.63, 3.8) is 0 Å². The highest BCUT2D eigenvalue weighted by Gasteiger charge is 2.27. The summed E-state index contributed by atoms with van der Waals surface area (Å²) in [4.78, 5) is 10.2. The quantitative estimate of drug-likeness (QED) is 0.488. The molecule has 0 saturated heterocycles. The number of carbonyl (C=O) groups excluding carboxylic acids is 1. The second-order valence-electron chi connectivity index (χ2n) is 2.28. The van der Waals surface area contributed by atoms with Crippen LogP contribution in [-0.4, -0.2) is 55.6 Å². The van der Waals surface area contributed by atoms with Crippen molar-refractivity contribution in [2.75, 3.05) is 20.8 Å². The second-order valence-corrected chi connectivity index (χ2v) is 2.28. The number of ether oxygens (including phenoxy) is 2. The zero-order valence-electron chi connectivity index (χ0n) is 7.14. The van der Waals surface area contributed by atoms with E-state index in [0.717, 1.165) is 0 Å². The summed E-state index contributed by atoms with van der Waals surface area (Å²) in [6.45, 7) is -0.306. The molecule has 3 atom stereocenters. The van der Waals surface area contributed by atoms with Crippen molar-refractivity contribution in [3.05, 3.63) is 0 Å². The van der Waals surface area contributed by atoms with Gasteiger partial charge in [0.1, 0.15) is 18.3 Å². The molecule has 0 amide bonds. The number of hydrogen-bond donors (Lipinski definition) is 2. The van der Waals surface area contributed by atoms with Crippen LogP contribution in [0.1, 0.15) is 0 Å². The molecule has 0 fully saturated rings. The van der Waals surface area contributed by atoms with Crippen molar-refractivity contribution in [1.82, 2.24) is 0 Å². The lowest BCUT2D eigenvalue weighted by Gasteiger charge is -2.24. The van der Waals surface area contributed by atoms with Gasteiger partial charge >= 0.3 is 0 Å². The fraction of sp³-hybridized carbons (Fsp3) is 0.857. The largest absolute Gasteiger partial charge is 0.394 e. The molecule has 12 heavy (non-hydrogen) atoms. The number of aliphatic hydroxyl groups excluding tert-OH is 2. The van der Waals surface area contributed by atoms with Crippen LogP contribution in [0.15, 0.2) is 0 Å². The van der Waals surface area contributed by atoms with Gasteiger partial charge in [0.05, 0.1) is 6.61 Å². The monoisotopic (exact) mass is 178 g/mol. The molecule has 0 heterocycles. The zero-order valence-corrected chi connectivity index (χ0v) is 7.14. The molecular weight excluding hydrogens is 164 g/mol. The van der Waals surface area contributed by atoms with E-state index in [-0.39, 0.29) is 6.61 Å². The molecule has 0 aromatic rings. The molecule has 0 aliphatic heterocycles. The number of aldehydes is 1. The average Bonchev–Trinajstić information content (AvgIpc) is 2.12. The van der Waals surface area contributed by atoms with E-state index < -0.39 is 18.3 Å².